The third-order valence-electron chi connectivity index (χ3n) is 6.90. The number of rotatable bonds is 13. The number of nitrogens with zero attached hydrogens (tertiary/aromatic N) is 2. The highest BCUT2D eigenvalue weighted by molar-refractivity contribution is 7.92. The van der Waals surface area contributed by atoms with E-state index in [2.05, 4.69) is 5.32 Å². The van der Waals surface area contributed by atoms with Gasteiger partial charge in [-0.2, -0.15) is 0 Å². The monoisotopic (exact) mass is 617 g/mol. The first kappa shape index (κ1) is 32.4. The lowest BCUT2D eigenvalue weighted by Gasteiger charge is -2.33. The SMILES string of the molecule is CCCCNC(=O)C(CC)N(Cc1ccccc1C)C(=O)CN(c1ccc(Cl)c(Cl)c1)S(=O)(=O)c1ccc(C)cc1. The number of nitrogens with one attached hydrogen (secondary N) is 1. The van der Waals surface area contributed by atoms with Gasteiger partial charge in [-0.15, -0.1) is 0 Å². The number of unbranched alkanes of at least 4 members (excludes halogenated alkanes) is 1. The Morgan fingerprint density at radius 3 is 2.22 bits per heavy atom. The van der Waals surface area contributed by atoms with Gasteiger partial charge in [0, 0.05) is 13.1 Å². The van der Waals surface area contributed by atoms with E-state index in [0.717, 1.165) is 33.8 Å². The van der Waals surface area contributed by atoms with Gasteiger partial charge in [0.1, 0.15) is 12.6 Å². The summed E-state index contributed by atoms with van der Waals surface area (Å²) in [6.45, 7) is 7.76. The Morgan fingerprint density at radius 1 is 0.927 bits per heavy atom. The van der Waals surface area contributed by atoms with Gasteiger partial charge in [-0.3, -0.25) is 13.9 Å². The molecule has 0 spiro atoms. The van der Waals surface area contributed by atoms with Gasteiger partial charge in [0.25, 0.3) is 10.0 Å². The van der Waals surface area contributed by atoms with Gasteiger partial charge >= 0.3 is 0 Å². The number of sulfonamides is 1. The summed E-state index contributed by atoms with van der Waals surface area (Å²) < 4.78 is 28.9. The lowest BCUT2D eigenvalue weighted by molar-refractivity contribution is -0.140. The second kappa shape index (κ2) is 14.7. The van der Waals surface area contributed by atoms with Crippen molar-refractivity contribution in [2.24, 2.45) is 0 Å². The van der Waals surface area contributed by atoms with Crippen molar-refractivity contribution in [2.75, 3.05) is 17.4 Å². The van der Waals surface area contributed by atoms with E-state index in [1.807, 2.05) is 52.0 Å². The molecule has 2 amide bonds. The van der Waals surface area contributed by atoms with Gasteiger partial charge < -0.3 is 10.2 Å². The third-order valence-corrected chi connectivity index (χ3v) is 9.42. The van der Waals surface area contributed by atoms with E-state index in [0.29, 0.717) is 13.0 Å². The van der Waals surface area contributed by atoms with Gasteiger partial charge in [0.2, 0.25) is 11.8 Å². The minimum Gasteiger partial charge on any atom is -0.354 e. The molecular formula is C31H37Cl2N3O4S. The molecule has 0 aromatic heterocycles. The summed E-state index contributed by atoms with van der Waals surface area (Å²) in [5.41, 5.74) is 2.90. The molecule has 0 radical (unpaired) electrons. The number of anilines is 1. The smallest absolute Gasteiger partial charge is 0.264 e. The Balaban J connectivity index is 2.07. The highest BCUT2D eigenvalue weighted by Crippen LogP contribution is 2.31. The van der Waals surface area contributed by atoms with Crippen molar-refractivity contribution >= 4 is 50.7 Å². The van der Waals surface area contributed by atoms with Crippen molar-refractivity contribution in [3.63, 3.8) is 0 Å². The van der Waals surface area contributed by atoms with Crippen LogP contribution in [-0.2, 0) is 26.2 Å². The normalized spacial score (nSPS) is 12.0. The van der Waals surface area contributed by atoms with Crippen LogP contribution in [0, 0.1) is 13.8 Å². The molecule has 0 saturated carbocycles. The number of amides is 2. The molecule has 0 fully saturated rings. The molecule has 1 N–H and O–H groups in total. The van der Waals surface area contributed by atoms with E-state index in [1.54, 1.807) is 12.1 Å². The number of aryl methyl sites for hydroxylation is 2. The molecule has 10 heteroatoms. The number of carbonyl (C=O) groups is 2. The predicted octanol–water partition coefficient (Wildman–Crippen LogP) is 6.53. The van der Waals surface area contributed by atoms with Crippen LogP contribution in [0.25, 0.3) is 0 Å². The standard InChI is InChI=1S/C31H37Cl2N3O4S/c1-5-7-18-34-31(38)29(6-2)35(20-24-11-9-8-10-23(24)4)30(37)21-36(25-14-17-27(32)28(33)19-25)41(39,40)26-15-12-22(3)13-16-26/h8-17,19,29H,5-7,18,20-21H2,1-4H3,(H,34,38). The average Bonchev–Trinajstić information content (AvgIpc) is 2.94. The maximum absolute atomic E-state index is 14.1. The Hall–Kier alpha value is -3.07. The van der Waals surface area contributed by atoms with Crippen LogP contribution >= 0.6 is 23.2 Å². The number of benzene rings is 3. The van der Waals surface area contributed by atoms with Gasteiger partial charge in [0.05, 0.1) is 20.6 Å². The molecule has 3 rings (SSSR count). The molecule has 1 unspecified atom stereocenters. The predicted molar refractivity (Wildman–Crippen MR) is 166 cm³/mol. The number of hydrogen-bond acceptors (Lipinski definition) is 4. The van der Waals surface area contributed by atoms with E-state index >= 15 is 0 Å². The quantitative estimate of drug-likeness (QED) is 0.221. The lowest BCUT2D eigenvalue weighted by Crippen LogP contribution is -2.52. The Kier molecular flexibility index (Phi) is 11.6. The molecule has 3 aromatic carbocycles. The van der Waals surface area contributed by atoms with Crippen LogP contribution in [0.5, 0.6) is 0 Å². The summed E-state index contributed by atoms with van der Waals surface area (Å²) in [6.07, 6.45) is 2.08. The van der Waals surface area contributed by atoms with Crippen molar-refractivity contribution < 1.29 is 18.0 Å². The first-order valence-corrected chi connectivity index (χ1v) is 15.8. The van der Waals surface area contributed by atoms with Gasteiger partial charge in [-0.1, -0.05) is 85.4 Å². The summed E-state index contributed by atoms with van der Waals surface area (Å²) in [6, 6.07) is 17.6. The number of hydrogen-bond donors (Lipinski definition) is 1. The Bertz CT molecular complexity index is 1460. The van der Waals surface area contributed by atoms with Crippen LogP contribution < -0.4 is 9.62 Å². The maximum Gasteiger partial charge on any atom is 0.264 e. The molecular weight excluding hydrogens is 581 g/mol. The highest BCUT2D eigenvalue weighted by Gasteiger charge is 2.34. The van der Waals surface area contributed by atoms with E-state index < -0.39 is 28.5 Å². The van der Waals surface area contributed by atoms with Gasteiger partial charge in [-0.05, 0) is 68.1 Å². The zero-order valence-electron chi connectivity index (χ0n) is 23.9. The highest BCUT2D eigenvalue weighted by atomic mass is 35.5. The summed E-state index contributed by atoms with van der Waals surface area (Å²) in [5.74, 6) is -0.794. The fraction of sp³-hybridized carbons (Fsp3) is 0.355. The topological polar surface area (TPSA) is 86.8 Å². The van der Waals surface area contributed by atoms with Crippen molar-refractivity contribution in [3.05, 3.63) is 93.5 Å². The van der Waals surface area contributed by atoms with Crippen LogP contribution in [0.1, 0.15) is 49.8 Å². The third kappa shape index (κ3) is 8.24. The van der Waals surface area contributed by atoms with Crippen molar-refractivity contribution in [1.82, 2.24) is 10.2 Å². The lowest BCUT2D eigenvalue weighted by atomic mass is 10.1. The van der Waals surface area contributed by atoms with Crippen molar-refractivity contribution in [2.45, 2.75) is 64.4 Å². The molecule has 0 aliphatic heterocycles. The van der Waals surface area contributed by atoms with Crippen molar-refractivity contribution in [3.8, 4) is 0 Å². The minimum absolute atomic E-state index is 0.0248. The molecule has 0 aliphatic carbocycles. The van der Waals surface area contributed by atoms with E-state index in [1.165, 1.54) is 35.2 Å². The Labute approximate surface area is 253 Å². The maximum atomic E-state index is 14.1. The molecule has 0 aliphatic rings. The number of carbonyl (C=O) groups excluding carboxylic acids is 2. The molecule has 0 bridgehead atoms. The van der Waals surface area contributed by atoms with Crippen LogP contribution in [-0.4, -0.2) is 44.3 Å². The molecule has 7 nitrogen and oxygen atoms in total. The minimum atomic E-state index is -4.20. The summed E-state index contributed by atoms with van der Waals surface area (Å²) in [5, 5.41) is 3.34. The molecule has 0 heterocycles. The van der Waals surface area contributed by atoms with E-state index in [9.17, 15) is 18.0 Å². The summed E-state index contributed by atoms with van der Waals surface area (Å²) in [4.78, 5) is 28.9. The molecule has 3 aromatic rings. The largest absolute Gasteiger partial charge is 0.354 e. The molecule has 1 atom stereocenters. The van der Waals surface area contributed by atoms with Crippen LogP contribution in [0.15, 0.2) is 71.6 Å². The average molecular weight is 619 g/mol. The molecule has 0 saturated heterocycles. The number of halogens is 2. The van der Waals surface area contributed by atoms with E-state index in [4.69, 9.17) is 23.2 Å². The first-order valence-electron chi connectivity index (χ1n) is 13.7. The zero-order valence-corrected chi connectivity index (χ0v) is 26.2. The molecule has 220 valence electrons. The second-order valence-electron chi connectivity index (χ2n) is 9.94. The van der Waals surface area contributed by atoms with Crippen molar-refractivity contribution in [1.29, 1.82) is 0 Å². The van der Waals surface area contributed by atoms with Crippen LogP contribution in [0.4, 0.5) is 5.69 Å². The first-order chi connectivity index (χ1) is 19.5. The summed E-state index contributed by atoms with van der Waals surface area (Å²) >= 11 is 12.4. The zero-order chi connectivity index (χ0) is 30.2. The summed E-state index contributed by atoms with van der Waals surface area (Å²) in [7, 11) is -4.20. The second-order valence-corrected chi connectivity index (χ2v) is 12.6. The fourth-order valence-corrected chi connectivity index (χ4v) is 6.10. The van der Waals surface area contributed by atoms with Crippen LogP contribution in [0.3, 0.4) is 0 Å². The Morgan fingerprint density at radius 2 is 1.61 bits per heavy atom. The van der Waals surface area contributed by atoms with Crippen LogP contribution in [0.2, 0.25) is 10.0 Å². The van der Waals surface area contributed by atoms with E-state index in [-0.39, 0.29) is 33.1 Å². The van der Waals surface area contributed by atoms with Gasteiger partial charge in [0.15, 0.2) is 0 Å². The molecule has 41 heavy (non-hydrogen) atoms. The van der Waals surface area contributed by atoms with Gasteiger partial charge in [-0.25, -0.2) is 8.42 Å². The fourth-order valence-electron chi connectivity index (χ4n) is 4.40.